The van der Waals surface area contributed by atoms with Crippen LogP contribution in [0.2, 0.25) is 0 Å². The van der Waals surface area contributed by atoms with Crippen LogP contribution in [0.15, 0.2) is 0 Å². The van der Waals surface area contributed by atoms with Crippen molar-refractivity contribution in [3.63, 3.8) is 0 Å². The minimum atomic E-state index is -0.663. The van der Waals surface area contributed by atoms with Crippen molar-refractivity contribution in [3.05, 3.63) is 0 Å². The topological polar surface area (TPSA) is 49.3 Å². The first-order chi connectivity index (χ1) is 8.11. The van der Waals surface area contributed by atoms with E-state index < -0.39 is 5.60 Å². The molecule has 4 heteroatoms. The molecule has 3 nitrogen and oxygen atoms in total. The Kier molecular flexibility index (Phi) is 6.34. The second-order valence-corrected chi connectivity index (χ2v) is 6.12. The number of hydrogen-bond acceptors (Lipinski definition) is 3. The van der Waals surface area contributed by atoms with Crippen LogP contribution in [0.25, 0.3) is 0 Å². The van der Waals surface area contributed by atoms with Crippen LogP contribution in [0.1, 0.15) is 46.0 Å². The number of nitrogens with one attached hydrogen (secondary N) is 1. The average Bonchev–Trinajstić information content (AvgIpc) is 2.73. The fourth-order valence-electron chi connectivity index (χ4n) is 2.24. The minimum Gasteiger partial charge on any atom is -0.387 e. The van der Waals surface area contributed by atoms with Crippen LogP contribution in [-0.2, 0) is 4.79 Å². The van der Waals surface area contributed by atoms with E-state index in [1.807, 2.05) is 0 Å². The third kappa shape index (κ3) is 4.88. The van der Waals surface area contributed by atoms with Gasteiger partial charge in [-0.2, -0.15) is 11.8 Å². The van der Waals surface area contributed by atoms with Crippen LogP contribution in [-0.4, -0.2) is 34.7 Å². The summed E-state index contributed by atoms with van der Waals surface area (Å²) in [5.41, 5.74) is -0.663. The molecule has 1 unspecified atom stereocenters. The monoisotopic (exact) mass is 259 g/mol. The standard InChI is InChI=1S/C13H25NO2S/c1-3-5-11(6-4-2)12(15)14-9-13(16)7-8-17-10-13/h11,16H,3-10H2,1-2H3,(H,14,15). The molecule has 100 valence electrons. The number of thioether (sulfide) groups is 1. The van der Waals surface area contributed by atoms with Gasteiger partial charge >= 0.3 is 0 Å². The molecule has 0 saturated carbocycles. The molecule has 0 aromatic heterocycles. The van der Waals surface area contributed by atoms with Crippen molar-refractivity contribution in [3.8, 4) is 0 Å². The Bertz CT molecular complexity index is 234. The fourth-order valence-corrected chi connectivity index (χ4v) is 3.53. The molecule has 1 rings (SSSR count). The van der Waals surface area contributed by atoms with Gasteiger partial charge in [-0.15, -0.1) is 0 Å². The number of hydrogen-bond donors (Lipinski definition) is 2. The van der Waals surface area contributed by atoms with E-state index >= 15 is 0 Å². The molecule has 1 atom stereocenters. The highest BCUT2D eigenvalue weighted by Gasteiger charge is 2.32. The maximum Gasteiger partial charge on any atom is 0.223 e. The molecule has 1 saturated heterocycles. The molecule has 0 radical (unpaired) electrons. The zero-order chi connectivity index (χ0) is 12.7. The molecule has 17 heavy (non-hydrogen) atoms. The second kappa shape index (κ2) is 7.27. The predicted molar refractivity (Wildman–Crippen MR) is 73.2 cm³/mol. The van der Waals surface area contributed by atoms with E-state index in [2.05, 4.69) is 19.2 Å². The lowest BCUT2D eigenvalue weighted by atomic mass is 9.96. The predicted octanol–water partition coefficient (Wildman–Crippen LogP) is 2.19. The molecule has 2 N–H and O–H groups in total. The van der Waals surface area contributed by atoms with Gasteiger partial charge in [-0.25, -0.2) is 0 Å². The van der Waals surface area contributed by atoms with Crippen LogP contribution in [0.5, 0.6) is 0 Å². The summed E-state index contributed by atoms with van der Waals surface area (Å²) in [4.78, 5) is 12.0. The van der Waals surface area contributed by atoms with E-state index in [0.717, 1.165) is 43.6 Å². The molecule has 1 heterocycles. The zero-order valence-corrected chi connectivity index (χ0v) is 11.8. The highest BCUT2D eigenvalue weighted by atomic mass is 32.2. The molecule has 0 aliphatic carbocycles. The summed E-state index contributed by atoms with van der Waals surface area (Å²) in [6, 6.07) is 0. The molecular formula is C13H25NO2S. The lowest BCUT2D eigenvalue weighted by molar-refractivity contribution is -0.126. The Balaban J connectivity index is 2.35. The van der Waals surface area contributed by atoms with Gasteiger partial charge in [0.25, 0.3) is 0 Å². The highest BCUT2D eigenvalue weighted by Crippen LogP contribution is 2.27. The first-order valence-corrected chi connectivity index (χ1v) is 7.84. The summed E-state index contributed by atoms with van der Waals surface area (Å²) in [6.45, 7) is 4.64. The Labute approximate surface area is 109 Å². The van der Waals surface area contributed by atoms with Crippen molar-refractivity contribution in [1.82, 2.24) is 5.32 Å². The first-order valence-electron chi connectivity index (χ1n) is 6.69. The van der Waals surface area contributed by atoms with Gasteiger partial charge in [-0.3, -0.25) is 4.79 Å². The summed E-state index contributed by atoms with van der Waals surface area (Å²) in [6.07, 6.45) is 4.78. The molecule has 0 aromatic rings. The van der Waals surface area contributed by atoms with Crippen LogP contribution in [0.3, 0.4) is 0 Å². The van der Waals surface area contributed by atoms with Gasteiger partial charge in [0.2, 0.25) is 5.91 Å². The maximum absolute atomic E-state index is 12.0. The summed E-state index contributed by atoms with van der Waals surface area (Å²) >= 11 is 1.76. The molecule has 1 aliphatic heterocycles. The van der Waals surface area contributed by atoms with Gasteiger partial charge in [0, 0.05) is 18.2 Å². The summed E-state index contributed by atoms with van der Waals surface area (Å²) in [5, 5.41) is 13.1. The quantitative estimate of drug-likeness (QED) is 0.737. The second-order valence-electron chi connectivity index (χ2n) is 5.02. The van der Waals surface area contributed by atoms with Gasteiger partial charge < -0.3 is 10.4 Å². The first kappa shape index (κ1) is 14.8. The zero-order valence-electron chi connectivity index (χ0n) is 11.0. The van der Waals surface area contributed by atoms with Crippen molar-refractivity contribution in [2.75, 3.05) is 18.1 Å². The van der Waals surface area contributed by atoms with Gasteiger partial charge in [0.05, 0.1) is 5.60 Å². The lowest BCUT2D eigenvalue weighted by Crippen LogP contribution is -2.44. The molecule has 0 spiro atoms. The third-order valence-corrected chi connectivity index (χ3v) is 4.55. The van der Waals surface area contributed by atoms with Crippen molar-refractivity contribution in [2.45, 2.75) is 51.6 Å². The van der Waals surface area contributed by atoms with E-state index in [1.54, 1.807) is 11.8 Å². The van der Waals surface area contributed by atoms with Gasteiger partial charge in [-0.05, 0) is 25.0 Å². The molecule has 1 amide bonds. The number of amides is 1. The Morgan fingerprint density at radius 1 is 1.41 bits per heavy atom. The van der Waals surface area contributed by atoms with Crippen molar-refractivity contribution < 1.29 is 9.90 Å². The minimum absolute atomic E-state index is 0.124. The number of carbonyl (C=O) groups is 1. The largest absolute Gasteiger partial charge is 0.387 e. The van der Waals surface area contributed by atoms with E-state index in [0.29, 0.717) is 6.54 Å². The number of aliphatic hydroxyl groups is 1. The van der Waals surface area contributed by atoms with Crippen molar-refractivity contribution in [2.24, 2.45) is 5.92 Å². The van der Waals surface area contributed by atoms with Gasteiger partial charge in [-0.1, -0.05) is 26.7 Å². The van der Waals surface area contributed by atoms with E-state index in [4.69, 9.17) is 0 Å². The van der Waals surface area contributed by atoms with Crippen LogP contribution < -0.4 is 5.32 Å². The van der Waals surface area contributed by atoms with E-state index in [9.17, 15) is 9.90 Å². The summed E-state index contributed by atoms with van der Waals surface area (Å²) < 4.78 is 0. The Morgan fingerprint density at radius 2 is 2.06 bits per heavy atom. The van der Waals surface area contributed by atoms with E-state index in [1.165, 1.54) is 0 Å². The third-order valence-electron chi connectivity index (χ3n) is 3.32. The SMILES string of the molecule is CCCC(CCC)C(=O)NCC1(O)CCSC1. The van der Waals surface area contributed by atoms with Crippen LogP contribution >= 0.6 is 11.8 Å². The normalized spacial score (nSPS) is 24.2. The molecule has 0 aromatic carbocycles. The van der Waals surface area contributed by atoms with Crippen molar-refractivity contribution in [1.29, 1.82) is 0 Å². The Morgan fingerprint density at radius 3 is 2.53 bits per heavy atom. The maximum atomic E-state index is 12.0. The summed E-state index contributed by atoms with van der Waals surface area (Å²) in [7, 11) is 0. The number of carbonyl (C=O) groups excluding carboxylic acids is 1. The highest BCUT2D eigenvalue weighted by molar-refractivity contribution is 7.99. The molecular weight excluding hydrogens is 234 g/mol. The van der Waals surface area contributed by atoms with Gasteiger partial charge in [0.15, 0.2) is 0 Å². The molecule has 1 aliphatic rings. The average molecular weight is 259 g/mol. The van der Waals surface area contributed by atoms with Crippen LogP contribution in [0.4, 0.5) is 0 Å². The number of rotatable bonds is 7. The molecule has 0 bridgehead atoms. The smallest absolute Gasteiger partial charge is 0.223 e. The lowest BCUT2D eigenvalue weighted by Gasteiger charge is -2.23. The molecule has 1 fully saturated rings. The van der Waals surface area contributed by atoms with E-state index in [-0.39, 0.29) is 11.8 Å². The summed E-state index contributed by atoms with van der Waals surface area (Å²) in [5.74, 6) is 2.00. The van der Waals surface area contributed by atoms with Gasteiger partial charge in [0.1, 0.15) is 0 Å². The van der Waals surface area contributed by atoms with Crippen molar-refractivity contribution >= 4 is 17.7 Å². The Hall–Kier alpha value is -0.220. The fraction of sp³-hybridized carbons (Fsp3) is 0.923. The van der Waals surface area contributed by atoms with Crippen LogP contribution in [0, 0.1) is 5.92 Å².